The molecule has 1 aromatic heterocycles. The number of hydrogen-bond donors (Lipinski definition) is 1. The van der Waals surface area contributed by atoms with E-state index in [2.05, 4.69) is 33.2 Å². The first kappa shape index (κ1) is 13.2. The van der Waals surface area contributed by atoms with E-state index in [0.29, 0.717) is 0 Å². The first-order valence-electron chi connectivity index (χ1n) is 6.58. The van der Waals surface area contributed by atoms with E-state index in [0.717, 1.165) is 50.0 Å². The van der Waals surface area contributed by atoms with Gasteiger partial charge in [-0.2, -0.15) is 0 Å². The number of nitrogens with one attached hydrogen (secondary N) is 1. The summed E-state index contributed by atoms with van der Waals surface area (Å²) in [5.41, 5.74) is 1.11. The molecular formula is C13H22N4O. The minimum Gasteiger partial charge on any atom is -0.373 e. The number of aromatic nitrogens is 2. The van der Waals surface area contributed by atoms with Crippen LogP contribution in [-0.4, -0.2) is 49.4 Å². The highest BCUT2D eigenvalue weighted by Gasteiger charge is 2.21. The topological polar surface area (TPSA) is 50.3 Å². The molecule has 0 radical (unpaired) electrons. The van der Waals surface area contributed by atoms with Crippen LogP contribution in [0.4, 0.5) is 5.82 Å². The molecule has 1 N–H and O–H groups in total. The van der Waals surface area contributed by atoms with Crippen molar-refractivity contribution in [2.24, 2.45) is 0 Å². The third kappa shape index (κ3) is 3.17. The fraction of sp³-hybridized carbons (Fsp3) is 0.692. The van der Waals surface area contributed by atoms with Gasteiger partial charge in [-0.3, -0.25) is 0 Å². The fourth-order valence-electron chi connectivity index (χ4n) is 2.23. The van der Waals surface area contributed by atoms with Crippen LogP contribution in [0.25, 0.3) is 0 Å². The van der Waals surface area contributed by atoms with E-state index in [-0.39, 0.29) is 6.10 Å². The van der Waals surface area contributed by atoms with Crippen LogP contribution in [0.2, 0.25) is 0 Å². The molecule has 0 amide bonds. The summed E-state index contributed by atoms with van der Waals surface area (Å²) in [5, 5.41) is 3.16. The van der Waals surface area contributed by atoms with E-state index < -0.39 is 0 Å². The number of ether oxygens (including phenoxy) is 1. The first-order valence-corrected chi connectivity index (χ1v) is 6.58. The van der Waals surface area contributed by atoms with Gasteiger partial charge in [0.25, 0.3) is 0 Å². The molecule has 2 heterocycles. The summed E-state index contributed by atoms with van der Waals surface area (Å²) >= 11 is 0. The molecule has 18 heavy (non-hydrogen) atoms. The molecule has 100 valence electrons. The van der Waals surface area contributed by atoms with Gasteiger partial charge in [-0.25, -0.2) is 9.97 Å². The molecule has 1 saturated heterocycles. The quantitative estimate of drug-likeness (QED) is 0.855. The molecule has 0 spiro atoms. The van der Waals surface area contributed by atoms with Crippen molar-refractivity contribution in [3.63, 3.8) is 0 Å². The zero-order chi connectivity index (χ0) is 13.0. The number of rotatable bonds is 4. The van der Waals surface area contributed by atoms with Crippen molar-refractivity contribution >= 4 is 5.82 Å². The fourth-order valence-corrected chi connectivity index (χ4v) is 2.23. The third-order valence-electron chi connectivity index (χ3n) is 3.13. The maximum Gasteiger partial charge on any atom is 0.132 e. The lowest BCUT2D eigenvalue weighted by Gasteiger charge is -2.33. The number of morpholine rings is 1. The monoisotopic (exact) mass is 250 g/mol. The maximum absolute atomic E-state index is 5.71. The van der Waals surface area contributed by atoms with Crippen LogP contribution in [0.5, 0.6) is 0 Å². The van der Waals surface area contributed by atoms with Crippen molar-refractivity contribution in [2.45, 2.75) is 26.4 Å². The molecule has 1 aliphatic rings. The molecule has 0 saturated carbocycles. The Bertz CT molecular complexity index is 395. The highest BCUT2D eigenvalue weighted by atomic mass is 16.5. The Labute approximate surface area is 109 Å². The molecule has 1 atom stereocenters. The number of nitrogens with zero attached hydrogens (tertiary/aromatic N) is 3. The maximum atomic E-state index is 5.71. The summed E-state index contributed by atoms with van der Waals surface area (Å²) in [4.78, 5) is 11.3. The Hall–Kier alpha value is -1.20. The van der Waals surface area contributed by atoms with Crippen molar-refractivity contribution < 1.29 is 4.74 Å². The Balaban J connectivity index is 2.12. The van der Waals surface area contributed by atoms with Gasteiger partial charge < -0.3 is 15.0 Å². The molecule has 2 rings (SSSR count). The predicted molar refractivity (Wildman–Crippen MR) is 72.0 cm³/mol. The molecule has 1 fully saturated rings. The summed E-state index contributed by atoms with van der Waals surface area (Å²) in [6.45, 7) is 7.50. The van der Waals surface area contributed by atoms with E-state index in [4.69, 9.17) is 4.74 Å². The van der Waals surface area contributed by atoms with Crippen LogP contribution in [0.3, 0.4) is 0 Å². The highest BCUT2D eigenvalue weighted by Crippen LogP contribution is 2.16. The molecule has 1 aromatic rings. The number of likely N-dealkylation sites (N-methyl/N-ethyl adjacent to an activating group) is 1. The van der Waals surface area contributed by atoms with E-state index in [1.807, 2.05) is 14.0 Å². The molecule has 1 unspecified atom stereocenters. The van der Waals surface area contributed by atoms with Gasteiger partial charge in [0.15, 0.2) is 0 Å². The van der Waals surface area contributed by atoms with Gasteiger partial charge in [0.05, 0.1) is 12.7 Å². The lowest BCUT2D eigenvalue weighted by Crippen LogP contribution is -2.46. The van der Waals surface area contributed by atoms with Crippen LogP contribution in [0, 0.1) is 6.92 Å². The Morgan fingerprint density at radius 3 is 3.06 bits per heavy atom. The van der Waals surface area contributed by atoms with Crippen LogP contribution in [0.1, 0.15) is 18.4 Å². The van der Waals surface area contributed by atoms with E-state index in [1.54, 1.807) is 0 Å². The molecular weight excluding hydrogens is 228 g/mol. The molecule has 0 aromatic carbocycles. The second-order valence-corrected chi connectivity index (χ2v) is 4.61. The zero-order valence-electron chi connectivity index (χ0n) is 11.4. The Kier molecular flexibility index (Phi) is 4.49. The summed E-state index contributed by atoms with van der Waals surface area (Å²) in [7, 11) is 1.95. The van der Waals surface area contributed by atoms with Gasteiger partial charge in [0.1, 0.15) is 11.6 Å². The minimum atomic E-state index is 0.240. The van der Waals surface area contributed by atoms with Crippen molar-refractivity contribution in [3.05, 3.63) is 17.6 Å². The SMILES string of the molecule is CCc1cc(N2CCOC(CNC)C2)nc(C)n1. The van der Waals surface area contributed by atoms with Gasteiger partial charge in [-0.15, -0.1) is 0 Å². The van der Waals surface area contributed by atoms with Crippen LogP contribution >= 0.6 is 0 Å². The standard InChI is InChI=1S/C13H22N4O/c1-4-11-7-13(16-10(2)15-11)17-5-6-18-12(9-17)8-14-3/h7,12,14H,4-6,8-9H2,1-3H3. The molecule has 0 bridgehead atoms. The largest absolute Gasteiger partial charge is 0.373 e. The molecule has 5 heteroatoms. The first-order chi connectivity index (χ1) is 8.72. The minimum absolute atomic E-state index is 0.240. The van der Waals surface area contributed by atoms with E-state index in [1.165, 1.54) is 0 Å². The number of hydrogen-bond acceptors (Lipinski definition) is 5. The van der Waals surface area contributed by atoms with Crippen LogP contribution in [0.15, 0.2) is 6.07 Å². The van der Waals surface area contributed by atoms with Gasteiger partial charge in [0.2, 0.25) is 0 Å². The van der Waals surface area contributed by atoms with Gasteiger partial charge in [0, 0.05) is 31.4 Å². The number of anilines is 1. The average molecular weight is 250 g/mol. The van der Waals surface area contributed by atoms with Gasteiger partial charge >= 0.3 is 0 Å². The Morgan fingerprint density at radius 2 is 2.33 bits per heavy atom. The lowest BCUT2D eigenvalue weighted by atomic mass is 10.2. The molecule has 0 aliphatic carbocycles. The summed E-state index contributed by atoms with van der Waals surface area (Å²) in [6.07, 6.45) is 1.18. The second-order valence-electron chi connectivity index (χ2n) is 4.61. The summed E-state index contributed by atoms with van der Waals surface area (Å²) in [6, 6.07) is 2.09. The van der Waals surface area contributed by atoms with Crippen molar-refractivity contribution in [2.75, 3.05) is 38.2 Å². The van der Waals surface area contributed by atoms with Gasteiger partial charge in [-0.1, -0.05) is 6.92 Å². The smallest absolute Gasteiger partial charge is 0.132 e. The molecule has 5 nitrogen and oxygen atoms in total. The normalized spacial score (nSPS) is 20.2. The predicted octanol–water partition coefficient (Wildman–Crippen LogP) is 0.772. The summed E-state index contributed by atoms with van der Waals surface area (Å²) < 4.78 is 5.71. The molecule has 1 aliphatic heterocycles. The summed E-state index contributed by atoms with van der Waals surface area (Å²) in [5.74, 6) is 1.88. The zero-order valence-corrected chi connectivity index (χ0v) is 11.4. The lowest BCUT2D eigenvalue weighted by molar-refractivity contribution is 0.0419. The van der Waals surface area contributed by atoms with Crippen molar-refractivity contribution in [1.82, 2.24) is 15.3 Å². The van der Waals surface area contributed by atoms with Crippen molar-refractivity contribution in [3.8, 4) is 0 Å². The van der Waals surface area contributed by atoms with Crippen molar-refractivity contribution in [1.29, 1.82) is 0 Å². The third-order valence-corrected chi connectivity index (χ3v) is 3.13. The van der Waals surface area contributed by atoms with Gasteiger partial charge in [-0.05, 0) is 20.4 Å². The van der Waals surface area contributed by atoms with Crippen LogP contribution < -0.4 is 10.2 Å². The number of aryl methyl sites for hydroxylation is 2. The van der Waals surface area contributed by atoms with Crippen LogP contribution in [-0.2, 0) is 11.2 Å². The highest BCUT2D eigenvalue weighted by molar-refractivity contribution is 5.40. The van der Waals surface area contributed by atoms with E-state index in [9.17, 15) is 0 Å². The Morgan fingerprint density at radius 1 is 1.50 bits per heavy atom. The van der Waals surface area contributed by atoms with E-state index >= 15 is 0 Å². The average Bonchev–Trinajstić information content (AvgIpc) is 2.39. The second kappa shape index (κ2) is 6.11.